The maximum atomic E-state index is 11.3. The predicted octanol–water partition coefficient (Wildman–Crippen LogP) is 1.06. The second kappa shape index (κ2) is 5.16. The van der Waals surface area contributed by atoms with Crippen molar-refractivity contribution in [1.29, 1.82) is 0 Å². The van der Waals surface area contributed by atoms with Crippen LogP contribution in [0.15, 0.2) is 0 Å². The Bertz CT molecular complexity index is 251. The van der Waals surface area contributed by atoms with Gasteiger partial charge in [-0.05, 0) is 11.8 Å². The zero-order valence-corrected chi connectivity index (χ0v) is 13.3. The van der Waals surface area contributed by atoms with E-state index in [-0.39, 0.29) is 42.3 Å². The summed E-state index contributed by atoms with van der Waals surface area (Å²) in [6.07, 6.45) is 1.31. The molecule has 1 aliphatic rings. The molecule has 0 aromatic carbocycles. The van der Waals surface area contributed by atoms with E-state index >= 15 is 0 Å². The van der Waals surface area contributed by atoms with E-state index in [1.807, 2.05) is 0 Å². The third-order valence-corrected chi connectivity index (χ3v) is 4.13. The van der Waals surface area contributed by atoms with Crippen LogP contribution < -0.4 is 0 Å². The molecule has 0 aromatic heterocycles. The minimum atomic E-state index is -2.89. The molecule has 0 aliphatic carbocycles. The molecule has 76 valence electrons. The molecule has 13 heavy (non-hydrogen) atoms. The van der Waals surface area contributed by atoms with E-state index in [0.29, 0.717) is 12.5 Å². The van der Waals surface area contributed by atoms with Crippen molar-refractivity contribution in [2.45, 2.75) is 19.1 Å². The van der Waals surface area contributed by atoms with Crippen LogP contribution in [0.25, 0.3) is 5.32 Å². The van der Waals surface area contributed by atoms with Gasteiger partial charge in [0.25, 0.3) is 0 Å². The molecule has 0 N–H and O–H groups in total. The van der Waals surface area contributed by atoms with E-state index < -0.39 is 9.84 Å². The van der Waals surface area contributed by atoms with Crippen LogP contribution in [0, 0.1) is 42.9 Å². The van der Waals surface area contributed by atoms with E-state index in [2.05, 4.69) is 19.2 Å². The predicted molar refractivity (Wildman–Crippen MR) is 50.1 cm³/mol. The van der Waals surface area contributed by atoms with Crippen molar-refractivity contribution in [3.63, 3.8) is 0 Å². The summed E-state index contributed by atoms with van der Waals surface area (Å²) in [7, 11) is -2.89. The third-order valence-electron chi connectivity index (χ3n) is 2.53. The molecule has 1 rings (SSSR count). The number of rotatable bonds is 2. The number of sulfone groups is 1. The molecule has 0 amide bonds. The summed E-state index contributed by atoms with van der Waals surface area (Å²) in [5.74, 6) is 0.649. The van der Waals surface area contributed by atoms with E-state index in [4.69, 9.17) is 0 Å². The van der Waals surface area contributed by atoms with Crippen molar-refractivity contribution in [3.05, 3.63) is 5.32 Å². The summed E-state index contributed by atoms with van der Waals surface area (Å²) in [6, 6.07) is 0. The maximum absolute atomic E-state index is 11.3. The van der Waals surface area contributed by atoms with Gasteiger partial charge in [0.15, 0.2) is 0 Å². The molecule has 0 bridgehead atoms. The molecular weight excluding hydrogens is 412 g/mol. The topological polar surface area (TPSA) is 48.2 Å². The maximum Gasteiger partial charge on any atom is 0.148 e. The van der Waals surface area contributed by atoms with E-state index in [1.54, 1.807) is 0 Å². The van der Waals surface area contributed by atoms with Gasteiger partial charge in [0.2, 0.25) is 0 Å². The van der Waals surface area contributed by atoms with Gasteiger partial charge >= 0.3 is 0 Å². The molecule has 2 atom stereocenters. The smallest absolute Gasteiger partial charge is 0.148 e. The van der Waals surface area contributed by atoms with Crippen LogP contribution in [-0.4, -0.2) is 33.0 Å². The fraction of sp³-hybridized carbons (Fsp3) is 1.00. The summed E-state index contributed by atoms with van der Waals surface area (Å²) in [6.45, 7) is 5.34. The number of hydrogen-bond donors (Lipinski definition) is 0. The zero-order chi connectivity index (χ0) is 9.35. The van der Waals surface area contributed by atoms with Crippen molar-refractivity contribution in [1.82, 2.24) is 0 Å². The molecule has 5 heteroatoms. The van der Waals surface area contributed by atoms with Crippen LogP contribution in [0.4, 0.5) is 0 Å². The Morgan fingerprint density at radius 3 is 2.15 bits per heavy atom. The molecule has 1 saturated heterocycles. The Morgan fingerprint density at radius 1 is 1.31 bits per heavy atom. The van der Waals surface area contributed by atoms with Crippen LogP contribution in [0.2, 0.25) is 0 Å². The first-order chi connectivity index (χ1) is 5.43. The normalized spacial score (nSPS) is 28.9. The number of nitrogens with zero attached hydrogens (tertiary/aromatic N) is 1. The first-order valence-electron chi connectivity index (χ1n) is 4.25. The standard InChI is InChI=1S/C8H16NO2S.U/c1-6(2)7-4-9-5-8(7)12(3,10)11;/h6-8H,4-5H2,1-3H3;/q-1;. The Kier molecular flexibility index (Phi) is 5.54. The van der Waals surface area contributed by atoms with Gasteiger partial charge in [-0.15, -0.1) is 13.1 Å². The molecule has 0 spiro atoms. The molecule has 1 fully saturated rings. The van der Waals surface area contributed by atoms with Crippen LogP contribution in [0.1, 0.15) is 13.8 Å². The van der Waals surface area contributed by atoms with Crippen molar-refractivity contribution in [2.75, 3.05) is 19.3 Å². The Balaban J connectivity index is 0.00000144. The molecule has 1 heterocycles. The van der Waals surface area contributed by atoms with Gasteiger partial charge in [-0.3, -0.25) is 0 Å². The number of hydrogen-bond acceptors (Lipinski definition) is 2. The van der Waals surface area contributed by atoms with Crippen molar-refractivity contribution < 1.29 is 39.5 Å². The summed E-state index contributed by atoms with van der Waals surface area (Å²) in [5, 5.41) is 3.93. The minimum Gasteiger partial charge on any atom is -0.661 e. The molecule has 3 nitrogen and oxygen atoms in total. The first-order valence-corrected chi connectivity index (χ1v) is 6.20. The average Bonchev–Trinajstić information content (AvgIpc) is 2.30. The minimum absolute atomic E-state index is 0. The Morgan fingerprint density at radius 2 is 1.85 bits per heavy atom. The van der Waals surface area contributed by atoms with Gasteiger partial charge in [0.1, 0.15) is 9.84 Å². The molecular formula is C8H16NO2SU-. The van der Waals surface area contributed by atoms with Gasteiger partial charge in [-0.2, -0.15) is 0 Å². The van der Waals surface area contributed by atoms with Gasteiger partial charge < -0.3 is 5.32 Å². The monoisotopic (exact) mass is 428 g/mol. The molecule has 0 saturated carbocycles. The van der Waals surface area contributed by atoms with Gasteiger partial charge in [-0.25, -0.2) is 8.42 Å². The van der Waals surface area contributed by atoms with Crippen LogP contribution in [0.5, 0.6) is 0 Å². The fourth-order valence-corrected chi connectivity index (χ4v) is 3.11. The Hall–Kier alpha value is 0.962. The zero-order valence-electron chi connectivity index (χ0n) is 8.32. The summed E-state index contributed by atoms with van der Waals surface area (Å²) in [5.41, 5.74) is 0. The van der Waals surface area contributed by atoms with Gasteiger partial charge in [0.05, 0.1) is 0 Å². The second-order valence-corrected chi connectivity index (χ2v) is 6.13. The summed E-state index contributed by atoms with van der Waals surface area (Å²) < 4.78 is 22.6. The van der Waals surface area contributed by atoms with E-state index in [0.717, 1.165) is 6.54 Å². The molecule has 2 unspecified atom stereocenters. The average molecular weight is 428 g/mol. The van der Waals surface area contributed by atoms with Crippen molar-refractivity contribution in [2.24, 2.45) is 11.8 Å². The largest absolute Gasteiger partial charge is 0.661 e. The third kappa shape index (κ3) is 3.54. The van der Waals surface area contributed by atoms with Crippen molar-refractivity contribution >= 4 is 9.84 Å². The second-order valence-electron chi connectivity index (χ2n) is 3.86. The van der Waals surface area contributed by atoms with Crippen LogP contribution in [-0.2, 0) is 9.84 Å². The Labute approximate surface area is 104 Å². The van der Waals surface area contributed by atoms with Crippen LogP contribution in [0.3, 0.4) is 0 Å². The van der Waals surface area contributed by atoms with Gasteiger partial charge in [-0.1, -0.05) is 13.8 Å². The quantitative estimate of drug-likeness (QED) is 0.661. The van der Waals surface area contributed by atoms with Crippen LogP contribution >= 0.6 is 0 Å². The molecule has 0 radical (unpaired) electrons. The fourth-order valence-electron chi connectivity index (χ4n) is 1.70. The first kappa shape index (κ1) is 14.0. The van der Waals surface area contributed by atoms with E-state index in [1.165, 1.54) is 6.26 Å². The molecule has 1 aliphatic heterocycles. The summed E-state index contributed by atoms with van der Waals surface area (Å²) >= 11 is 0. The molecule has 0 aromatic rings. The SMILES string of the molecule is CC(C)C1C[N-]CC1S(C)(=O)=O.[U]. The van der Waals surface area contributed by atoms with E-state index in [9.17, 15) is 8.42 Å². The van der Waals surface area contributed by atoms with Crippen molar-refractivity contribution in [3.8, 4) is 0 Å². The van der Waals surface area contributed by atoms with Gasteiger partial charge in [0, 0.05) is 42.6 Å². The summed E-state index contributed by atoms with van der Waals surface area (Å²) in [4.78, 5) is 0.